The highest BCUT2D eigenvalue weighted by Crippen LogP contribution is 2.28. The maximum atomic E-state index is 12.3. The lowest BCUT2D eigenvalue weighted by Gasteiger charge is -2.11. The number of aryl methyl sites for hydroxylation is 1. The van der Waals surface area contributed by atoms with Crippen molar-refractivity contribution in [3.05, 3.63) is 51.8 Å². The second-order valence-electron chi connectivity index (χ2n) is 4.32. The molecule has 21 heavy (non-hydrogen) atoms. The van der Waals surface area contributed by atoms with Crippen LogP contribution in [0, 0.1) is 0 Å². The fourth-order valence-electron chi connectivity index (χ4n) is 1.84. The molecule has 0 aliphatic carbocycles. The van der Waals surface area contributed by atoms with Crippen LogP contribution in [0.15, 0.2) is 30.3 Å². The summed E-state index contributed by atoms with van der Waals surface area (Å²) in [6.07, 6.45) is 0.696. The molecule has 0 atom stereocenters. The van der Waals surface area contributed by atoms with Crippen molar-refractivity contribution in [3.63, 3.8) is 0 Å². The van der Waals surface area contributed by atoms with Gasteiger partial charge in [0, 0.05) is 16.3 Å². The van der Waals surface area contributed by atoms with E-state index in [1.165, 1.54) is 13.2 Å². The van der Waals surface area contributed by atoms with Gasteiger partial charge in [-0.1, -0.05) is 30.1 Å². The molecule has 0 unspecified atom stereocenters. The first-order valence-electron chi connectivity index (χ1n) is 6.35. The standard InChI is InChI=1S/C15H14Cl2N2O2/c1-3-11-6-9(7-14(17)18-11)15(20)19-12-8-10(16)4-5-13(12)21-2/h4-8H,3H2,1-2H3,(H,19,20). The average molecular weight is 325 g/mol. The summed E-state index contributed by atoms with van der Waals surface area (Å²) in [5.74, 6) is 0.234. The minimum absolute atomic E-state index is 0.289. The number of ether oxygens (including phenoxy) is 1. The fraction of sp³-hybridized carbons (Fsp3) is 0.200. The van der Waals surface area contributed by atoms with Crippen molar-refractivity contribution in [1.82, 2.24) is 4.98 Å². The van der Waals surface area contributed by atoms with Gasteiger partial charge in [-0.3, -0.25) is 4.79 Å². The number of nitrogens with zero attached hydrogens (tertiary/aromatic N) is 1. The first-order chi connectivity index (χ1) is 10.0. The summed E-state index contributed by atoms with van der Waals surface area (Å²) in [4.78, 5) is 16.4. The summed E-state index contributed by atoms with van der Waals surface area (Å²) in [7, 11) is 1.53. The number of benzene rings is 1. The quantitative estimate of drug-likeness (QED) is 0.857. The van der Waals surface area contributed by atoms with E-state index < -0.39 is 0 Å². The van der Waals surface area contributed by atoms with Crippen molar-refractivity contribution < 1.29 is 9.53 Å². The number of hydrogen-bond acceptors (Lipinski definition) is 3. The Kier molecular flexibility index (Phi) is 5.04. The largest absolute Gasteiger partial charge is 0.495 e. The van der Waals surface area contributed by atoms with Crippen LogP contribution in [-0.4, -0.2) is 18.0 Å². The van der Waals surface area contributed by atoms with Gasteiger partial charge < -0.3 is 10.1 Å². The number of hydrogen-bond donors (Lipinski definition) is 1. The van der Waals surface area contributed by atoms with Crippen LogP contribution in [0.1, 0.15) is 23.0 Å². The molecule has 1 aromatic carbocycles. The van der Waals surface area contributed by atoms with E-state index >= 15 is 0 Å². The van der Waals surface area contributed by atoms with E-state index in [-0.39, 0.29) is 11.1 Å². The Balaban J connectivity index is 2.30. The molecule has 1 amide bonds. The Morgan fingerprint density at radius 2 is 2.05 bits per heavy atom. The third-order valence-electron chi connectivity index (χ3n) is 2.88. The van der Waals surface area contributed by atoms with E-state index in [1.807, 2.05) is 6.92 Å². The predicted octanol–water partition coefficient (Wildman–Crippen LogP) is 4.21. The first kappa shape index (κ1) is 15.6. The van der Waals surface area contributed by atoms with Gasteiger partial charge in [0.2, 0.25) is 0 Å². The number of carbonyl (C=O) groups is 1. The molecule has 1 heterocycles. The van der Waals surface area contributed by atoms with E-state index in [1.54, 1.807) is 24.3 Å². The molecule has 0 aliphatic rings. The molecule has 0 saturated heterocycles. The zero-order valence-electron chi connectivity index (χ0n) is 11.6. The number of methoxy groups -OCH3 is 1. The third-order valence-corrected chi connectivity index (χ3v) is 3.31. The van der Waals surface area contributed by atoms with Crippen LogP contribution in [0.25, 0.3) is 0 Å². The highest BCUT2D eigenvalue weighted by atomic mass is 35.5. The molecule has 0 aliphatic heterocycles. The molecule has 0 radical (unpaired) electrons. The summed E-state index contributed by atoms with van der Waals surface area (Å²) in [6, 6.07) is 8.23. The maximum Gasteiger partial charge on any atom is 0.255 e. The molecule has 2 aromatic rings. The summed E-state index contributed by atoms with van der Waals surface area (Å²) >= 11 is 11.9. The number of anilines is 1. The predicted molar refractivity (Wildman–Crippen MR) is 84.6 cm³/mol. The summed E-state index contributed by atoms with van der Waals surface area (Å²) in [6.45, 7) is 1.94. The molecule has 110 valence electrons. The van der Waals surface area contributed by atoms with Crippen LogP contribution >= 0.6 is 23.2 Å². The average Bonchev–Trinajstić information content (AvgIpc) is 2.46. The molecule has 0 saturated carbocycles. The van der Waals surface area contributed by atoms with Crippen LogP contribution in [0.5, 0.6) is 5.75 Å². The highest BCUT2D eigenvalue weighted by Gasteiger charge is 2.12. The molecule has 6 heteroatoms. The van der Waals surface area contributed by atoms with Gasteiger partial charge in [-0.25, -0.2) is 4.98 Å². The monoisotopic (exact) mass is 324 g/mol. The first-order valence-corrected chi connectivity index (χ1v) is 7.10. The molecular weight excluding hydrogens is 311 g/mol. The molecule has 0 spiro atoms. The number of amides is 1. The van der Waals surface area contributed by atoms with E-state index in [2.05, 4.69) is 10.3 Å². The van der Waals surface area contributed by atoms with Crippen molar-refractivity contribution in [2.75, 3.05) is 12.4 Å². The molecule has 0 fully saturated rings. The molecule has 2 rings (SSSR count). The Morgan fingerprint density at radius 3 is 2.71 bits per heavy atom. The summed E-state index contributed by atoms with van der Waals surface area (Å²) < 4.78 is 5.19. The molecule has 4 nitrogen and oxygen atoms in total. The number of rotatable bonds is 4. The lowest BCUT2D eigenvalue weighted by molar-refractivity contribution is 0.102. The zero-order valence-corrected chi connectivity index (χ0v) is 13.1. The minimum atomic E-state index is -0.297. The van der Waals surface area contributed by atoms with Crippen LogP contribution in [0.3, 0.4) is 0 Å². The third kappa shape index (κ3) is 3.86. The van der Waals surface area contributed by atoms with Gasteiger partial charge in [-0.15, -0.1) is 0 Å². The van der Waals surface area contributed by atoms with E-state index in [0.29, 0.717) is 28.4 Å². The van der Waals surface area contributed by atoms with Gasteiger partial charge in [0.15, 0.2) is 0 Å². The SMILES string of the molecule is CCc1cc(C(=O)Nc2cc(Cl)ccc2OC)cc(Cl)n1. The number of nitrogens with one attached hydrogen (secondary N) is 1. The number of aromatic nitrogens is 1. The maximum absolute atomic E-state index is 12.3. The normalized spacial score (nSPS) is 10.3. The fourth-order valence-corrected chi connectivity index (χ4v) is 2.23. The Labute approximate surface area is 133 Å². The van der Waals surface area contributed by atoms with Crippen molar-refractivity contribution in [2.45, 2.75) is 13.3 Å². The lowest BCUT2D eigenvalue weighted by atomic mass is 10.2. The number of pyridine rings is 1. The Hall–Kier alpha value is -1.78. The molecular formula is C15H14Cl2N2O2. The summed E-state index contributed by atoms with van der Waals surface area (Å²) in [5.41, 5.74) is 1.69. The van der Waals surface area contributed by atoms with Crippen molar-refractivity contribution >= 4 is 34.8 Å². The molecule has 1 N–H and O–H groups in total. The van der Waals surface area contributed by atoms with Crippen LogP contribution in [0.4, 0.5) is 5.69 Å². The van der Waals surface area contributed by atoms with Gasteiger partial charge >= 0.3 is 0 Å². The van der Waals surface area contributed by atoms with Gasteiger partial charge in [0.25, 0.3) is 5.91 Å². The van der Waals surface area contributed by atoms with Gasteiger partial charge in [-0.2, -0.15) is 0 Å². The lowest BCUT2D eigenvalue weighted by Crippen LogP contribution is -2.13. The van der Waals surface area contributed by atoms with Crippen LogP contribution in [0.2, 0.25) is 10.2 Å². The van der Waals surface area contributed by atoms with Crippen molar-refractivity contribution in [2.24, 2.45) is 0 Å². The van der Waals surface area contributed by atoms with Crippen LogP contribution < -0.4 is 10.1 Å². The van der Waals surface area contributed by atoms with Gasteiger partial charge in [0.1, 0.15) is 10.9 Å². The van der Waals surface area contributed by atoms with Gasteiger partial charge in [0.05, 0.1) is 12.8 Å². The molecule has 1 aromatic heterocycles. The van der Waals surface area contributed by atoms with Crippen molar-refractivity contribution in [1.29, 1.82) is 0 Å². The van der Waals surface area contributed by atoms with Crippen molar-refractivity contribution in [3.8, 4) is 5.75 Å². The second kappa shape index (κ2) is 6.78. The zero-order chi connectivity index (χ0) is 15.4. The van der Waals surface area contributed by atoms with E-state index in [4.69, 9.17) is 27.9 Å². The highest BCUT2D eigenvalue weighted by molar-refractivity contribution is 6.31. The second-order valence-corrected chi connectivity index (χ2v) is 5.15. The topological polar surface area (TPSA) is 51.2 Å². The summed E-state index contributed by atoms with van der Waals surface area (Å²) in [5, 5.41) is 3.56. The van der Waals surface area contributed by atoms with E-state index in [0.717, 1.165) is 5.69 Å². The molecule has 0 bridgehead atoms. The Morgan fingerprint density at radius 1 is 1.29 bits per heavy atom. The Bertz CT molecular complexity index is 675. The van der Waals surface area contributed by atoms with Crippen LogP contribution in [-0.2, 0) is 6.42 Å². The van der Waals surface area contributed by atoms with Gasteiger partial charge in [-0.05, 0) is 36.8 Å². The van der Waals surface area contributed by atoms with E-state index in [9.17, 15) is 4.79 Å². The minimum Gasteiger partial charge on any atom is -0.495 e. The smallest absolute Gasteiger partial charge is 0.255 e. The number of carbonyl (C=O) groups excluding carboxylic acids is 1. The number of halogens is 2.